The van der Waals surface area contributed by atoms with Gasteiger partial charge < -0.3 is 14.8 Å². The Morgan fingerprint density at radius 2 is 1.77 bits per heavy atom. The number of hydrogen-bond donors (Lipinski definition) is 1. The van der Waals surface area contributed by atoms with Crippen molar-refractivity contribution in [1.29, 1.82) is 0 Å². The van der Waals surface area contributed by atoms with Crippen LogP contribution < -0.4 is 10.1 Å². The van der Waals surface area contributed by atoms with Gasteiger partial charge >= 0.3 is 5.97 Å². The molecule has 138 valence electrons. The third-order valence-electron chi connectivity index (χ3n) is 3.40. The van der Waals surface area contributed by atoms with Crippen LogP contribution in [0.3, 0.4) is 0 Å². The smallest absolute Gasteiger partial charge is 0.357 e. The molecule has 3 rings (SSSR count). The van der Waals surface area contributed by atoms with Gasteiger partial charge in [0.15, 0.2) is 5.69 Å². The van der Waals surface area contributed by atoms with Crippen LogP contribution in [0.15, 0.2) is 41.8 Å². The largest absolute Gasteiger partial charge is 0.493 e. The van der Waals surface area contributed by atoms with E-state index in [0.717, 1.165) is 27.1 Å². The molecule has 0 aliphatic heterocycles. The van der Waals surface area contributed by atoms with Gasteiger partial charge in [-0.2, -0.15) is 0 Å². The van der Waals surface area contributed by atoms with E-state index < -0.39 is 0 Å². The quantitative estimate of drug-likeness (QED) is 0.674. The lowest BCUT2D eigenvalue weighted by Gasteiger charge is -2.10. The summed E-state index contributed by atoms with van der Waals surface area (Å²) in [7, 11) is 3.75. The van der Waals surface area contributed by atoms with Gasteiger partial charge in [0, 0.05) is 16.3 Å². The predicted molar refractivity (Wildman–Crippen MR) is 107 cm³/mol. The number of nitrogens with zero attached hydrogens (tertiary/aromatic N) is 1. The first-order valence-corrected chi connectivity index (χ1v) is 9.40. The Hall–Kier alpha value is -2.44. The molecule has 0 radical (unpaired) electrons. The van der Waals surface area contributed by atoms with Crippen LogP contribution in [-0.2, 0) is 4.74 Å². The molecule has 26 heavy (non-hydrogen) atoms. The normalized spacial score (nSPS) is 10.2. The summed E-state index contributed by atoms with van der Waals surface area (Å²) in [6.45, 7) is 4.71. The fraction of sp³-hybridized carbons (Fsp3) is 0.300. The summed E-state index contributed by atoms with van der Waals surface area (Å²) in [4.78, 5) is 16.2. The van der Waals surface area contributed by atoms with Crippen LogP contribution in [0.25, 0.3) is 21.3 Å². The van der Waals surface area contributed by atoms with Crippen molar-refractivity contribution in [2.75, 3.05) is 27.3 Å². The second-order valence-electron chi connectivity index (χ2n) is 5.35. The standard InChI is InChI=1S/C18H17NO3S.C2H7N/c1-3-21-16-10-9-14(12-7-5-6-8-13(12)16)17-19-15(11-23-17)18(20)22-4-2;1-3-2/h5-11H,3-4H2,1-2H3;3H,1-2H3. The first-order chi connectivity index (χ1) is 12.7. The molecule has 1 N–H and O–H groups in total. The number of rotatable bonds is 5. The van der Waals surface area contributed by atoms with Gasteiger partial charge in [0.05, 0.1) is 13.2 Å². The van der Waals surface area contributed by atoms with Gasteiger partial charge in [0.25, 0.3) is 0 Å². The molecule has 0 fully saturated rings. The van der Waals surface area contributed by atoms with Gasteiger partial charge in [-0.25, -0.2) is 9.78 Å². The maximum Gasteiger partial charge on any atom is 0.357 e. The van der Waals surface area contributed by atoms with E-state index >= 15 is 0 Å². The summed E-state index contributed by atoms with van der Waals surface area (Å²) in [6.07, 6.45) is 0. The third kappa shape index (κ3) is 4.59. The third-order valence-corrected chi connectivity index (χ3v) is 4.28. The topological polar surface area (TPSA) is 60.5 Å². The average Bonchev–Trinajstić information content (AvgIpc) is 3.13. The number of benzene rings is 2. The number of aromatic nitrogens is 1. The van der Waals surface area contributed by atoms with E-state index in [1.807, 2.05) is 57.4 Å². The van der Waals surface area contributed by atoms with Crippen molar-refractivity contribution >= 4 is 28.1 Å². The van der Waals surface area contributed by atoms with Crippen LogP contribution in [0.4, 0.5) is 0 Å². The fourth-order valence-corrected chi connectivity index (χ4v) is 3.26. The van der Waals surface area contributed by atoms with E-state index in [2.05, 4.69) is 10.3 Å². The number of carbonyl (C=O) groups is 1. The fourth-order valence-electron chi connectivity index (χ4n) is 2.44. The van der Waals surface area contributed by atoms with E-state index in [4.69, 9.17) is 9.47 Å². The highest BCUT2D eigenvalue weighted by Gasteiger charge is 2.15. The van der Waals surface area contributed by atoms with Gasteiger partial charge in [-0.05, 0) is 45.5 Å². The molecule has 0 amide bonds. The number of nitrogens with one attached hydrogen (secondary N) is 1. The van der Waals surface area contributed by atoms with Crippen LogP contribution in [0, 0.1) is 0 Å². The molecule has 2 aromatic carbocycles. The molecule has 0 bridgehead atoms. The molecule has 6 heteroatoms. The molecule has 0 saturated heterocycles. The van der Waals surface area contributed by atoms with Crippen LogP contribution in [-0.4, -0.2) is 38.3 Å². The number of carbonyl (C=O) groups excluding carboxylic acids is 1. The number of hydrogen-bond acceptors (Lipinski definition) is 6. The van der Waals surface area contributed by atoms with Gasteiger partial charge in [-0.1, -0.05) is 24.3 Å². The number of thiazole rings is 1. The van der Waals surface area contributed by atoms with Gasteiger partial charge in [0.1, 0.15) is 10.8 Å². The summed E-state index contributed by atoms with van der Waals surface area (Å²) < 4.78 is 10.7. The highest BCUT2D eigenvalue weighted by Crippen LogP contribution is 2.35. The first-order valence-electron chi connectivity index (χ1n) is 8.52. The van der Waals surface area contributed by atoms with Crippen LogP contribution in [0.1, 0.15) is 24.3 Å². The van der Waals surface area contributed by atoms with Crippen LogP contribution >= 0.6 is 11.3 Å². The monoisotopic (exact) mass is 372 g/mol. The zero-order valence-corrected chi connectivity index (χ0v) is 16.4. The van der Waals surface area contributed by atoms with Crippen molar-refractivity contribution in [2.45, 2.75) is 13.8 Å². The Labute approximate surface area is 158 Å². The first kappa shape index (κ1) is 19.9. The molecule has 5 nitrogen and oxygen atoms in total. The van der Waals surface area contributed by atoms with E-state index in [0.29, 0.717) is 18.9 Å². The Morgan fingerprint density at radius 1 is 1.08 bits per heavy atom. The van der Waals surface area contributed by atoms with Crippen molar-refractivity contribution in [2.24, 2.45) is 0 Å². The molecule has 0 aliphatic rings. The van der Waals surface area contributed by atoms with Gasteiger partial charge in [0.2, 0.25) is 0 Å². The molecule has 0 atom stereocenters. The Kier molecular flexibility index (Phi) is 7.56. The van der Waals surface area contributed by atoms with Crippen LogP contribution in [0.5, 0.6) is 5.75 Å². The number of ether oxygens (including phenoxy) is 2. The summed E-state index contributed by atoms with van der Waals surface area (Å²) in [5, 5.41) is 7.38. The lowest BCUT2D eigenvalue weighted by molar-refractivity contribution is 0.0520. The van der Waals surface area contributed by atoms with E-state index in [9.17, 15) is 4.79 Å². The molecule has 0 aliphatic carbocycles. The minimum Gasteiger partial charge on any atom is -0.493 e. The molecule has 3 aromatic rings. The molecular weight excluding hydrogens is 348 g/mol. The molecule has 0 spiro atoms. The second kappa shape index (κ2) is 9.89. The molecule has 0 saturated carbocycles. The maximum atomic E-state index is 11.8. The maximum absolute atomic E-state index is 11.8. The number of fused-ring (bicyclic) bond motifs is 1. The lowest BCUT2D eigenvalue weighted by atomic mass is 10.0. The van der Waals surface area contributed by atoms with Crippen molar-refractivity contribution in [3.05, 3.63) is 47.5 Å². The minimum absolute atomic E-state index is 0.345. The Morgan fingerprint density at radius 3 is 2.42 bits per heavy atom. The van der Waals surface area contributed by atoms with E-state index in [-0.39, 0.29) is 5.97 Å². The number of esters is 1. The second-order valence-corrected chi connectivity index (χ2v) is 6.21. The van der Waals surface area contributed by atoms with Crippen molar-refractivity contribution in [3.8, 4) is 16.3 Å². The Bertz CT molecular complexity index is 861. The summed E-state index contributed by atoms with van der Waals surface area (Å²) in [5.41, 5.74) is 1.34. The van der Waals surface area contributed by atoms with Crippen molar-refractivity contribution < 1.29 is 14.3 Å². The molecule has 0 unspecified atom stereocenters. The summed E-state index contributed by atoms with van der Waals surface area (Å²) >= 11 is 1.44. The van der Waals surface area contributed by atoms with E-state index in [1.165, 1.54) is 11.3 Å². The van der Waals surface area contributed by atoms with Gasteiger partial charge in [-0.3, -0.25) is 0 Å². The van der Waals surface area contributed by atoms with E-state index in [1.54, 1.807) is 12.3 Å². The predicted octanol–water partition coefficient (Wildman–Crippen LogP) is 4.37. The highest BCUT2D eigenvalue weighted by molar-refractivity contribution is 7.13. The van der Waals surface area contributed by atoms with Crippen LogP contribution in [0.2, 0.25) is 0 Å². The SMILES string of the molecule is CCOC(=O)c1csc(-c2ccc(OCC)c3ccccc23)n1.CNC. The zero-order valence-electron chi connectivity index (χ0n) is 15.5. The molecule has 1 heterocycles. The summed E-state index contributed by atoms with van der Waals surface area (Å²) in [5.74, 6) is 0.472. The van der Waals surface area contributed by atoms with Crippen molar-refractivity contribution in [3.63, 3.8) is 0 Å². The molecule has 1 aromatic heterocycles. The minimum atomic E-state index is -0.384. The van der Waals surface area contributed by atoms with Gasteiger partial charge in [-0.15, -0.1) is 11.3 Å². The molecular formula is C20H24N2O3S. The zero-order chi connectivity index (χ0) is 18.9. The highest BCUT2D eigenvalue weighted by atomic mass is 32.1. The Balaban J connectivity index is 0.000000758. The average molecular weight is 372 g/mol. The summed E-state index contributed by atoms with van der Waals surface area (Å²) in [6, 6.07) is 12.0. The van der Waals surface area contributed by atoms with Crippen molar-refractivity contribution in [1.82, 2.24) is 10.3 Å². The lowest BCUT2D eigenvalue weighted by Crippen LogP contribution is -2.04.